The summed E-state index contributed by atoms with van der Waals surface area (Å²) in [5.74, 6) is -0.863. The summed E-state index contributed by atoms with van der Waals surface area (Å²) >= 11 is 0. The monoisotopic (exact) mass is 464 g/mol. The molecule has 0 saturated heterocycles. The first-order chi connectivity index (χ1) is 16.1. The molecule has 1 saturated carbocycles. The highest BCUT2D eigenvalue weighted by Crippen LogP contribution is 2.45. The lowest BCUT2D eigenvalue weighted by Crippen LogP contribution is -2.52. The Hall–Kier alpha value is -3.22. The zero-order chi connectivity index (χ0) is 24.5. The second kappa shape index (κ2) is 9.20. The predicted molar refractivity (Wildman–Crippen MR) is 130 cm³/mol. The van der Waals surface area contributed by atoms with Gasteiger partial charge in [-0.2, -0.15) is 0 Å². The summed E-state index contributed by atoms with van der Waals surface area (Å²) in [6.45, 7) is 6.42. The van der Waals surface area contributed by atoms with Crippen molar-refractivity contribution in [1.29, 1.82) is 0 Å². The van der Waals surface area contributed by atoms with Crippen LogP contribution in [0, 0.1) is 11.2 Å². The van der Waals surface area contributed by atoms with Crippen molar-refractivity contribution in [3.8, 4) is 0 Å². The molecule has 4 rings (SSSR count). The number of nitrogens with zero attached hydrogens (tertiary/aromatic N) is 2. The third kappa shape index (κ3) is 5.29. The zero-order valence-corrected chi connectivity index (χ0v) is 20.1. The first-order valence-corrected chi connectivity index (χ1v) is 11.9. The Morgan fingerprint density at radius 1 is 1.15 bits per heavy atom. The summed E-state index contributed by atoms with van der Waals surface area (Å²) < 4.78 is 14.4. The van der Waals surface area contributed by atoms with Crippen molar-refractivity contribution in [2.45, 2.75) is 71.0 Å². The van der Waals surface area contributed by atoms with Crippen molar-refractivity contribution < 1.29 is 14.0 Å². The van der Waals surface area contributed by atoms with E-state index in [0.29, 0.717) is 12.0 Å². The Morgan fingerprint density at radius 2 is 1.82 bits per heavy atom. The smallest absolute Gasteiger partial charge is 0.251 e. The first kappa shape index (κ1) is 23.9. The highest BCUT2D eigenvalue weighted by atomic mass is 19.1. The van der Waals surface area contributed by atoms with Crippen LogP contribution in [-0.2, 0) is 11.3 Å². The maximum atomic E-state index is 14.4. The molecular formula is C27H33FN4O2. The molecule has 0 unspecified atom stereocenters. The Balaban J connectivity index is 1.48. The highest BCUT2D eigenvalue weighted by Gasteiger charge is 2.44. The van der Waals surface area contributed by atoms with E-state index >= 15 is 0 Å². The molecule has 180 valence electrons. The second-order valence-corrected chi connectivity index (χ2v) is 10.5. The maximum Gasteiger partial charge on any atom is 0.251 e. The van der Waals surface area contributed by atoms with E-state index in [9.17, 15) is 14.0 Å². The van der Waals surface area contributed by atoms with Crippen LogP contribution in [0.25, 0.3) is 0 Å². The molecule has 1 spiro atoms. The average Bonchev–Trinajstić information content (AvgIpc) is 2.79. The van der Waals surface area contributed by atoms with Gasteiger partial charge in [-0.05, 0) is 67.3 Å². The molecule has 0 radical (unpaired) electrons. The van der Waals surface area contributed by atoms with Crippen LogP contribution in [0.2, 0.25) is 0 Å². The number of nitrogens with two attached hydrogens (primary N) is 1. The number of nitrogens with one attached hydrogen (secondary N) is 1. The van der Waals surface area contributed by atoms with Gasteiger partial charge in [0.1, 0.15) is 5.82 Å². The minimum atomic E-state index is -0.541. The predicted octanol–water partition coefficient (Wildman–Crippen LogP) is 4.70. The van der Waals surface area contributed by atoms with Crippen LogP contribution in [0.5, 0.6) is 0 Å². The standard InChI is InChI=1S/C27H33FN4O2/c1-18(20-7-5-4-6-8-20)30-24(34)21-13-19(14-22(28)15-21)17-32-23(33)16-27(31-25(32)29)11-9-26(2,3)10-12-27/h4-8,13-15,18H,9-12,16-17H2,1-3H3,(H2,29,31)(H,30,34)/t18-/m0/s1. The van der Waals surface area contributed by atoms with E-state index < -0.39 is 11.4 Å². The Labute approximate surface area is 200 Å². The first-order valence-electron chi connectivity index (χ1n) is 11.9. The van der Waals surface area contributed by atoms with E-state index in [-0.39, 0.29) is 41.3 Å². The third-order valence-electron chi connectivity index (χ3n) is 7.15. The van der Waals surface area contributed by atoms with Crippen molar-refractivity contribution in [2.24, 2.45) is 16.1 Å². The minimum absolute atomic E-state index is 0.0714. The van der Waals surface area contributed by atoms with Gasteiger partial charge < -0.3 is 11.1 Å². The van der Waals surface area contributed by atoms with Crippen molar-refractivity contribution >= 4 is 17.8 Å². The number of carbonyl (C=O) groups is 2. The fraction of sp³-hybridized carbons (Fsp3) is 0.444. The van der Waals surface area contributed by atoms with E-state index in [0.717, 1.165) is 31.2 Å². The van der Waals surface area contributed by atoms with Gasteiger partial charge >= 0.3 is 0 Å². The van der Waals surface area contributed by atoms with Gasteiger partial charge in [-0.1, -0.05) is 44.2 Å². The number of guanidine groups is 1. The molecule has 1 heterocycles. The van der Waals surface area contributed by atoms with Crippen LogP contribution in [0.4, 0.5) is 4.39 Å². The summed E-state index contributed by atoms with van der Waals surface area (Å²) in [4.78, 5) is 32.0. The molecule has 2 aliphatic rings. The number of hydrogen-bond acceptors (Lipinski definition) is 4. The quantitative estimate of drug-likeness (QED) is 0.672. The normalized spacial score (nSPS) is 20.1. The van der Waals surface area contributed by atoms with Gasteiger partial charge in [0.05, 0.1) is 24.5 Å². The molecule has 1 atom stereocenters. The van der Waals surface area contributed by atoms with Crippen LogP contribution in [0.15, 0.2) is 53.5 Å². The van der Waals surface area contributed by atoms with Crippen LogP contribution >= 0.6 is 0 Å². The molecule has 3 N–H and O–H groups in total. The summed E-state index contributed by atoms with van der Waals surface area (Å²) in [5, 5.41) is 2.90. The number of rotatable bonds is 5. The zero-order valence-electron chi connectivity index (χ0n) is 20.1. The molecule has 34 heavy (non-hydrogen) atoms. The molecule has 2 aromatic rings. The SMILES string of the molecule is C[C@H](NC(=O)c1cc(F)cc(CN2C(=O)CC3(CCC(C)(C)CC3)N=C2N)c1)c1ccccc1. The molecular weight excluding hydrogens is 431 g/mol. The summed E-state index contributed by atoms with van der Waals surface area (Å²) in [7, 11) is 0. The lowest BCUT2D eigenvalue weighted by molar-refractivity contribution is -0.130. The summed E-state index contributed by atoms with van der Waals surface area (Å²) in [6.07, 6.45) is 3.98. The molecule has 0 aromatic heterocycles. The lowest BCUT2D eigenvalue weighted by Gasteiger charge is -2.44. The van der Waals surface area contributed by atoms with Crippen molar-refractivity contribution in [2.75, 3.05) is 0 Å². The Bertz CT molecular complexity index is 1100. The van der Waals surface area contributed by atoms with Gasteiger partial charge in [0, 0.05) is 5.56 Å². The number of hydrogen-bond donors (Lipinski definition) is 2. The fourth-order valence-electron chi connectivity index (χ4n) is 4.86. The second-order valence-electron chi connectivity index (χ2n) is 10.5. The van der Waals surface area contributed by atoms with Gasteiger partial charge in [-0.15, -0.1) is 0 Å². The van der Waals surface area contributed by atoms with E-state index in [1.165, 1.54) is 17.0 Å². The number of carbonyl (C=O) groups excluding carboxylic acids is 2. The molecule has 6 nitrogen and oxygen atoms in total. The molecule has 1 aliphatic heterocycles. The molecule has 7 heteroatoms. The van der Waals surface area contributed by atoms with Crippen LogP contribution in [0.1, 0.15) is 80.4 Å². The van der Waals surface area contributed by atoms with E-state index in [1.807, 2.05) is 37.3 Å². The Kier molecular flexibility index (Phi) is 6.47. The van der Waals surface area contributed by atoms with Gasteiger partial charge in [0.25, 0.3) is 5.91 Å². The molecule has 0 bridgehead atoms. The largest absolute Gasteiger partial charge is 0.369 e. The van der Waals surface area contributed by atoms with Crippen molar-refractivity contribution in [1.82, 2.24) is 10.2 Å². The summed E-state index contributed by atoms with van der Waals surface area (Å²) in [6, 6.07) is 13.4. The average molecular weight is 465 g/mol. The number of amides is 2. The van der Waals surface area contributed by atoms with Crippen molar-refractivity contribution in [3.05, 3.63) is 71.0 Å². The van der Waals surface area contributed by atoms with Gasteiger partial charge in [0.2, 0.25) is 5.91 Å². The Morgan fingerprint density at radius 3 is 2.47 bits per heavy atom. The van der Waals surface area contributed by atoms with Crippen LogP contribution in [0.3, 0.4) is 0 Å². The minimum Gasteiger partial charge on any atom is -0.369 e. The topological polar surface area (TPSA) is 87.8 Å². The number of halogens is 1. The van der Waals surface area contributed by atoms with Gasteiger partial charge in [0.15, 0.2) is 5.96 Å². The van der Waals surface area contributed by atoms with E-state index in [4.69, 9.17) is 10.7 Å². The van der Waals surface area contributed by atoms with E-state index in [1.54, 1.807) is 6.07 Å². The van der Waals surface area contributed by atoms with Crippen LogP contribution in [-0.4, -0.2) is 28.2 Å². The molecule has 2 amide bonds. The fourth-order valence-corrected chi connectivity index (χ4v) is 4.86. The summed E-state index contributed by atoms with van der Waals surface area (Å²) in [5.41, 5.74) is 7.71. The third-order valence-corrected chi connectivity index (χ3v) is 7.15. The van der Waals surface area contributed by atoms with Gasteiger partial charge in [-0.25, -0.2) is 9.38 Å². The van der Waals surface area contributed by atoms with E-state index in [2.05, 4.69) is 19.2 Å². The lowest BCUT2D eigenvalue weighted by atomic mass is 9.68. The van der Waals surface area contributed by atoms with Crippen LogP contribution < -0.4 is 11.1 Å². The molecule has 2 aromatic carbocycles. The maximum absolute atomic E-state index is 14.4. The van der Waals surface area contributed by atoms with Gasteiger partial charge in [-0.3, -0.25) is 14.5 Å². The van der Waals surface area contributed by atoms with Crippen molar-refractivity contribution in [3.63, 3.8) is 0 Å². The highest BCUT2D eigenvalue weighted by molar-refractivity contribution is 5.99. The molecule has 1 fully saturated rings. The molecule has 1 aliphatic carbocycles. The number of aliphatic imine (C=N–C) groups is 1. The number of benzene rings is 2.